The van der Waals surface area contributed by atoms with Crippen LogP contribution in [0.25, 0.3) is 0 Å². The van der Waals surface area contributed by atoms with Crippen molar-refractivity contribution in [2.45, 2.75) is 19.8 Å². The van der Waals surface area contributed by atoms with E-state index >= 15 is 0 Å². The zero-order valence-electron chi connectivity index (χ0n) is 7.11. The van der Waals surface area contributed by atoms with Crippen molar-refractivity contribution in [1.82, 2.24) is 9.97 Å². The summed E-state index contributed by atoms with van der Waals surface area (Å²) in [6.45, 7) is 3.78. The van der Waals surface area contributed by atoms with Crippen LogP contribution < -0.4 is 5.73 Å². The average Bonchev–Trinajstić information content (AvgIpc) is 2.03. The second-order valence-corrected chi connectivity index (χ2v) is 3.12. The third-order valence-corrected chi connectivity index (χ3v) is 2.02. The van der Waals surface area contributed by atoms with Gasteiger partial charge in [-0.1, -0.05) is 19.1 Å². The second kappa shape index (κ2) is 3.58. The lowest BCUT2D eigenvalue weighted by Gasteiger charge is -2.07. The van der Waals surface area contributed by atoms with Crippen LogP contribution in [0.15, 0.2) is 12.3 Å². The summed E-state index contributed by atoms with van der Waals surface area (Å²) in [5.74, 6) is 0.775. The molecule has 0 saturated heterocycles. The van der Waals surface area contributed by atoms with Gasteiger partial charge in [0.15, 0.2) is 0 Å². The summed E-state index contributed by atoms with van der Waals surface area (Å²) in [6, 6.07) is 1.83. The molecule has 0 bridgehead atoms. The number of thiocarbonyl (C=S) groups is 1. The van der Waals surface area contributed by atoms with Gasteiger partial charge in [-0.3, -0.25) is 0 Å². The molecule has 0 radical (unpaired) electrons. The Morgan fingerprint density at radius 1 is 1.67 bits per heavy atom. The molecule has 1 rings (SSSR count). The molecule has 1 aromatic heterocycles. The molecule has 4 heteroatoms. The first kappa shape index (κ1) is 9.06. The van der Waals surface area contributed by atoms with E-state index in [4.69, 9.17) is 18.0 Å². The lowest BCUT2D eigenvalue weighted by molar-refractivity contribution is 0.902. The van der Waals surface area contributed by atoms with Crippen LogP contribution in [0.2, 0.25) is 0 Å². The number of nitrogens with two attached hydrogens (primary N) is 1. The standard InChI is InChI=1S/C8H11N3S/c1-5(8(9)12)7-3-4-10-6(2)11-7/h3-5H,1-2H3,(H2,9,12). The van der Waals surface area contributed by atoms with Crippen LogP contribution in [0.1, 0.15) is 24.4 Å². The minimum Gasteiger partial charge on any atom is -0.393 e. The lowest BCUT2D eigenvalue weighted by Crippen LogP contribution is -2.17. The largest absolute Gasteiger partial charge is 0.393 e. The molecule has 3 nitrogen and oxygen atoms in total. The molecule has 0 aliphatic rings. The van der Waals surface area contributed by atoms with E-state index in [9.17, 15) is 0 Å². The molecule has 1 heterocycles. The van der Waals surface area contributed by atoms with Crippen molar-refractivity contribution < 1.29 is 0 Å². The second-order valence-electron chi connectivity index (χ2n) is 2.65. The van der Waals surface area contributed by atoms with Crippen LogP contribution in [0.4, 0.5) is 0 Å². The van der Waals surface area contributed by atoms with Gasteiger partial charge in [-0.15, -0.1) is 0 Å². The maximum Gasteiger partial charge on any atom is 0.125 e. The maximum atomic E-state index is 5.49. The molecular weight excluding hydrogens is 170 g/mol. The van der Waals surface area contributed by atoms with E-state index in [2.05, 4.69) is 9.97 Å². The van der Waals surface area contributed by atoms with Gasteiger partial charge >= 0.3 is 0 Å². The zero-order valence-corrected chi connectivity index (χ0v) is 7.93. The molecule has 0 aliphatic carbocycles. The van der Waals surface area contributed by atoms with Crippen molar-refractivity contribution >= 4 is 17.2 Å². The van der Waals surface area contributed by atoms with Crippen molar-refractivity contribution in [2.75, 3.05) is 0 Å². The first-order valence-corrected chi connectivity index (χ1v) is 4.11. The Labute approximate surface area is 77.0 Å². The van der Waals surface area contributed by atoms with Crippen molar-refractivity contribution in [3.8, 4) is 0 Å². The highest BCUT2D eigenvalue weighted by Gasteiger charge is 2.09. The van der Waals surface area contributed by atoms with Crippen LogP contribution in [0.5, 0.6) is 0 Å². The predicted octanol–water partition coefficient (Wildman–Crippen LogP) is 1.17. The molecule has 12 heavy (non-hydrogen) atoms. The molecular formula is C8H11N3S. The number of hydrogen-bond acceptors (Lipinski definition) is 3. The quantitative estimate of drug-likeness (QED) is 0.696. The monoisotopic (exact) mass is 181 g/mol. The lowest BCUT2D eigenvalue weighted by atomic mass is 10.1. The van der Waals surface area contributed by atoms with E-state index in [1.54, 1.807) is 6.20 Å². The summed E-state index contributed by atoms with van der Waals surface area (Å²) < 4.78 is 0. The molecule has 1 aromatic rings. The molecule has 0 fully saturated rings. The number of rotatable bonds is 2. The highest BCUT2D eigenvalue weighted by Crippen LogP contribution is 2.11. The summed E-state index contributed by atoms with van der Waals surface area (Å²) in [5.41, 5.74) is 6.37. The summed E-state index contributed by atoms with van der Waals surface area (Å²) in [5, 5.41) is 0. The maximum absolute atomic E-state index is 5.49. The van der Waals surface area contributed by atoms with E-state index in [0.29, 0.717) is 4.99 Å². The molecule has 0 aromatic carbocycles. The summed E-state index contributed by atoms with van der Waals surface area (Å²) in [6.07, 6.45) is 1.71. The molecule has 0 saturated carbocycles. The number of nitrogens with zero attached hydrogens (tertiary/aromatic N) is 2. The number of aromatic nitrogens is 2. The molecule has 1 unspecified atom stereocenters. The van der Waals surface area contributed by atoms with Crippen LogP contribution in [0.3, 0.4) is 0 Å². The highest BCUT2D eigenvalue weighted by atomic mass is 32.1. The van der Waals surface area contributed by atoms with Crippen molar-refractivity contribution in [2.24, 2.45) is 5.73 Å². The van der Waals surface area contributed by atoms with Crippen molar-refractivity contribution in [3.05, 3.63) is 23.8 Å². The highest BCUT2D eigenvalue weighted by molar-refractivity contribution is 7.80. The Morgan fingerprint density at radius 3 is 2.83 bits per heavy atom. The van der Waals surface area contributed by atoms with Crippen LogP contribution in [-0.2, 0) is 0 Å². The van der Waals surface area contributed by atoms with Gasteiger partial charge in [0.05, 0.1) is 10.7 Å². The Bertz CT molecular complexity index is 298. The molecule has 0 aliphatic heterocycles. The van der Waals surface area contributed by atoms with Gasteiger partial charge in [0.2, 0.25) is 0 Å². The molecule has 64 valence electrons. The van der Waals surface area contributed by atoms with Crippen molar-refractivity contribution in [1.29, 1.82) is 0 Å². The van der Waals surface area contributed by atoms with E-state index in [1.807, 2.05) is 19.9 Å². The topological polar surface area (TPSA) is 51.8 Å². The molecule has 0 spiro atoms. The third-order valence-electron chi connectivity index (χ3n) is 1.67. The van der Waals surface area contributed by atoms with Gasteiger partial charge < -0.3 is 5.73 Å². The van der Waals surface area contributed by atoms with Gasteiger partial charge in [0, 0.05) is 12.1 Å². The van der Waals surface area contributed by atoms with E-state index in [-0.39, 0.29) is 5.92 Å². The fourth-order valence-corrected chi connectivity index (χ4v) is 0.982. The first-order valence-electron chi connectivity index (χ1n) is 3.70. The molecule has 0 amide bonds. The van der Waals surface area contributed by atoms with E-state index < -0.39 is 0 Å². The van der Waals surface area contributed by atoms with Gasteiger partial charge in [0.1, 0.15) is 5.82 Å². The summed E-state index contributed by atoms with van der Waals surface area (Å²) >= 11 is 4.86. The Morgan fingerprint density at radius 2 is 2.33 bits per heavy atom. The summed E-state index contributed by atoms with van der Waals surface area (Å²) in [4.78, 5) is 8.67. The van der Waals surface area contributed by atoms with E-state index in [0.717, 1.165) is 11.5 Å². The fraction of sp³-hybridized carbons (Fsp3) is 0.375. The Hall–Kier alpha value is -1.03. The third kappa shape index (κ3) is 1.98. The molecule has 1 atom stereocenters. The average molecular weight is 181 g/mol. The smallest absolute Gasteiger partial charge is 0.125 e. The Balaban J connectivity index is 2.95. The van der Waals surface area contributed by atoms with Gasteiger partial charge in [-0.05, 0) is 13.0 Å². The number of aryl methyl sites for hydroxylation is 1. The molecule has 2 N–H and O–H groups in total. The zero-order chi connectivity index (χ0) is 9.14. The predicted molar refractivity (Wildman–Crippen MR) is 52.0 cm³/mol. The summed E-state index contributed by atoms with van der Waals surface area (Å²) in [7, 11) is 0. The fourth-order valence-electron chi connectivity index (χ4n) is 0.861. The minimum absolute atomic E-state index is 0.0294. The van der Waals surface area contributed by atoms with Gasteiger partial charge in [0.25, 0.3) is 0 Å². The van der Waals surface area contributed by atoms with Crippen LogP contribution in [0, 0.1) is 6.92 Å². The van der Waals surface area contributed by atoms with Gasteiger partial charge in [-0.2, -0.15) is 0 Å². The van der Waals surface area contributed by atoms with Crippen molar-refractivity contribution in [3.63, 3.8) is 0 Å². The Kier molecular flexibility index (Phi) is 2.70. The SMILES string of the molecule is Cc1nccc(C(C)C(N)=S)n1. The van der Waals surface area contributed by atoms with Gasteiger partial charge in [-0.25, -0.2) is 9.97 Å². The number of hydrogen-bond donors (Lipinski definition) is 1. The van der Waals surface area contributed by atoms with Crippen LogP contribution >= 0.6 is 12.2 Å². The van der Waals surface area contributed by atoms with E-state index in [1.165, 1.54) is 0 Å². The first-order chi connectivity index (χ1) is 5.61. The minimum atomic E-state index is 0.0294. The van der Waals surface area contributed by atoms with Crippen LogP contribution in [-0.4, -0.2) is 15.0 Å². The normalized spacial score (nSPS) is 12.5.